The summed E-state index contributed by atoms with van der Waals surface area (Å²) in [5, 5.41) is 0. The van der Waals surface area contributed by atoms with E-state index in [0.29, 0.717) is 5.92 Å². The third-order valence-corrected chi connectivity index (χ3v) is 2.55. The predicted molar refractivity (Wildman–Crippen MR) is 40.1 cm³/mol. The van der Waals surface area contributed by atoms with Gasteiger partial charge in [-0.3, -0.25) is 0 Å². The van der Waals surface area contributed by atoms with Crippen LogP contribution in [0.1, 0.15) is 26.7 Å². The van der Waals surface area contributed by atoms with Crippen LogP contribution in [0.15, 0.2) is 12.2 Å². The molecule has 1 rings (SSSR count). The Balaban J connectivity index is 2.58. The summed E-state index contributed by atoms with van der Waals surface area (Å²) in [6, 6.07) is 0. The largest absolute Gasteiger partial charge is 0.321 e. The second kappa shape index (κ2) is 1.84. The molecule has 2 unspecified atom stereocenters. The van der Waals surface area contributed by atoms with Gasteiger partial charge in [-0.1, -0.05) is 26.0 Å². The Morgan fingerprint density at radius 3 is 2.33 bits per heavy atom. The zero-order valence-corrected chi connectivity index (χ0v) is 6.28. The SMILES string of the molecule is C=C1C(CC)C1(N)CC. The van der Waals surface area contributed by atoms with Crippen molar-refractivity contribution in [2.45, 2.75) is 32.2 Å². The van der Waals surface area contributed by atoms with E-state index < -0.39 is 0 Å². The fourth-order valence-electron chi connectivity index (χ4n) is 1.62. The molecule has 0 aromatic rings. The molecule has 1 aliphatic rings. The molecule has 1 nitrogen and oxygen atoms in total. The normalized spacial score (nSPS) is 41.2. The van der Waals surface area contributed by atoms with Gasteiger partial charge in [0, 0.05) is 11.5 Å². The van der Waals surface area contributed by atoms with E-state index in [1.165, 1.54) is 5.57 Å². The molecular weight excluding hydrogens is 110 g/mol. The molecule has 1 saturated carbocycles. The Kier molecular flexibility index (Phi) is 1.39. The fourth-order valence-corrected chi connectivity index (χ4v) is 1.62. The summed E-state index contributed by atoms with van der Waals surface area (Å²) in [6.45, 7) is 8.21. The Morgan fingerprint density at radius 2 is 2.22 bits per heavy atom. The summed E-state index contributed by atoms with van der Waals surface area (Å²) < 4.78 is 0. The highest BCUT2D eigenvalue weighted by atomic mass is 14.9. The van der Waals surface area contributed by atoms with Crippen LogP contribution in [-0.2, 0) is 0 Å². The molecule has 0 aliphatic heterocycles. The molecule has 1 fully saturated rings. The van der Waals surface area contributed by atoms with Crippen LogP contribution in [0.3, 0.4) is 0 Å². The van der Waals surface area contributed by atoms with Gasteiger partial charge in [-0.2, -0.15) is 0 Å². The third-order valence-electron chi connectivity index (χ3n) is 2.55. The van der Waals surface area contributed by atoms with Gasteiger partial charge in [0.15, 0.2) is 0 Å². The van der Waals surface area contributed by atoms with E-state index in [9.17, 15) is 0 Å². The smallest absolute Gasteiger partial charge is 0.0433 e. The topological polar surface area (TPSA) is 26.0 Å². The molecule has 2 atom stereocenters. The zero-order valence-electron chi connectivity index (χ0n) is 6.28. The van der Waals surface area contributed by atoms with Gasteiger partial charge in [0.1, 0.15) is 0 Å². The number of hydrogen-bond acceptors (Lipinski definition) is 1. The van der Waals surface area contributed by atoms with E-state index in [0.717, 1.165) is 12.8 Å². The maximum atomic E-state index is 5.94. The van der Waals surface area contributed by atoms with Gasteiger partial charge >= 0.3 is 0 Å². The first-order valence-corrected chi connectivity index (χ1v) is 3.65. The first-order valence-electron chi connectivity index (χ1n) is 3.65. The minimum atomic E-state index is 0.0226. The van der Waals surface area contributed by atoms with Crippen LogP contribution in [-0.4, -0.2) is 5.54 Å². The second-order valence-electron chi connectivity index (χ2n) is 2.88. The average Bonchev–Trinajstić information content (AvgIpc) is 2.38. The van der Waals surface area contributed by atoms with Gasteiger partial charge in [0.05, 0.1) is 0 Å². The van der Waals surface area contributed by atoms with E-state index in [4.69, 9.17) is 5.73 Å². The summed E-state index contributed by atoms with van der Waals surface area (Å²) in [5.41, 5.74) is 7.22. The number of nitrogens with two attached hydrogens (primary N) is 1. The summed E-state index contributed by atoms with van der Waals surface area (Å²) in [4.78, 5) is 0. The van der Waals surface area contributed by atoms with Crippen molar-refractivity contribution in [3.05, 3.63) is 12.2 Å². The van der Waals surface area contributed by atoms with E-state index in [-0.39, 0.29) is 5.54 Å². The maximum absolute atomic E-state index is 5.94. The standard InChI is InChI=1S/C8H15N/c1-4-7-6(3)8(7,9)5-2/h7H,3-5,9H2,1-2H3. The van der Waals surface area contributed by atoms with Crippen LogP contribution < -0.4 is 5.73 Å². The Labute approximate surface area is 56.9 Å². The third kappa shape index (κ3) is 0.715. The van der Waals surface area contributed by atoms with Gasteiger partial charge in [-0.25, -0.2) is 0 Å². The highest BCUT2D eigenvalue weighted by Crippen LogP contribution is 2.50. The molecule has 0 saturated heterocycles. The average molecular weight is 125 g/mol. The molecule has 0 spiro atoms. The Bertz CT molecular complexity index is 140. The molecule has 0 heterocycles. The molecule has 1 heteroatoms. The van der Waals surface area contributed by atoms with Crippen LogP contribution >= 0.6 is 0 Å². The van der Waals surface area contributed by atoms with Gasteiger partial charge in [0.2, 0.25) is 0 Å². The van der Waals surface area contributed by atoms with Crippen LogP contribution in [0.25, 0.3) is 0 Å². The van der Waals surface area contributed by atoms with Crippen LogP contribution in [0, 0.1) is 5.92 Å². The number of hydrogen-bond donors (Lipinski definition) is 1. The van der Waals surface area contributed by atoms with Crippen molar-refractivity contribution < 1.29 is 0 Å². The summed E-state index contributed by atoms with van der Waals surface area (Å²) in [7, 11) is 0. The quantitative estimate of drug-likeness (QED) is 0.558. The summed E-state index contributed by atoms with van der Waals surface area (Å²) >= 11 is 0. The lowest BCUT2D eigenvalue weighted by Crippen LogP contribution is -2.23. The molecule has 52 valence electrons. The van der Waals surface area contributed by atoms with E-state index in [2.05, 4.69) is 20.4 Å². The molecule has 1 aliphatic carbocycles. The van der Waals surface area contributed by atoms with Gasteiger partial charge in [-0.05, 0) is 12.8 Å². The minimum absolute atomic E-state index is 0.0226. The number of rotatable bonds is 2. The molecular formula is C8H15N. The molecule has 9 heavy (non-hydrogen) atoms. The molecule has 0 radical (unpaired) electrons. The first-order chi connectivity index (χ1) is 4.16. The molecule has 0 aromatic carbocycles. The van der Waals surface area contributed by atoms with Gasteiger partial charge in [-0.15, -0.1) is 0 Å². The monoisotopic (exact) mass is 125 g/mol. The summed E-state index contributed by atoms with van der Waals surface area (Å²) in [6.07, 6.45) is 2.20. The molecule has 0 amide bonds. The molecule has 0 bridgehead atoms. The van der Waals surface area contributed by atoms with Crippen molar-refractivity contribution in [2.24, 2.45) is 11.7 Å². The van der Waals surface area contributed by atoms with Crippen LogP contribution in [0.2, 0.25) is 0 Å². The minimum Gasteiger partial charge on any atom is -0.321 e. The lowest BCUT2D eigenvalue weighted by molar-refractivity contribution is 0.568. The first kappa shape index (κ1) is 6.81. The Morgan fingerprint density at radius 1 is 1.67 bits per heavy atom. The Hall–Kier alpha value is -0.300. The van der Waals surface area contributed by atoms with Crippen molar-refractivity contribution in [1.29, 1.82) is 0 Å². The maximum Gasteiger partial charge on any atom is 0.0433 e. The highest BCUT2D eigenvalue weighted by molar-refractivity contribution is 5.40. The second-order valence-corrected chi connectivity index (χ2v) is 2.88. The van der Waals surface area contributed by atoms with E-state index >= 15 is 0 Å². The van der Waals surface area contributed by atoms with Crippen molar-refractivity contribution in [3.8, 4) is 0 Å². The van der Waals surface area contributed by atoms with E-state index in [1.807, 2.05) is 0 Å². The predicted octanol–water partition coefficient (Wildman–Crippen LogP) is 1.69. The van der Waals surface area contributed by atoms with Crippen molar-refractivity contribution in [1.82, 2.24) is 0 Å². The van der Waals surface area contributed by atoms with Gasteiger partial charge in [0.25, 0.3) is 0 Å². The molecule has 0 aromatic heterocycles. The van der Waals surface area contributed by atoms with Crippen LogP contribution in [0.4, 0.5) is 0 Å². The lowest BCUT2D eigenvalue weighted by atomic mass is 10.1. The lowest BCUT2D eigenvalue weighted by Gasteiger charge is -2.03. The summed E-state index contributed by atoms with van der Waals surface area (Å²) in [5.74, 6) is 0.613. The van der Waals surface area contributed by atoms with E-state index in [1.54, 1.807) is 0 Å². The van der Waals surface area contributed by atoms with Crippen LogP contribution in [0.5, 0.6) is 0 Å². The fraction of sp³-hybridized carbons (Fsp3) is 0.750. The molecule has 2 N–H and O–H groups in total. The van der Waals surface area contributed by atoms with Crippen molar-refractivity contribution in [3.63, 3.8) is 0 Å². The zero-order chi connectivity index (χ0) is 7.07. The van der Waals surface area contributed by atoms with Gasteiger partial charge < -0.3 is 5.73 Å². The van der Waals surface area contributed by atoms with Crippen molar-refractivity contribution in [2.75, 3.05) is 0 Å². The highest BCUT2D eigenvalue weighted by Gasteiger charge is 2.52. The van der Waals surface area contributed by atoms with Crippen molar-refractivity contribution >= 4 is 0 Å².